The summed E-state index contributed by atoms with van der Waals surface area (Å²) in [6.07, 6.45) is -1.67. The molecule has 2 aromatic carbocycles. The Kier molecular flexibility index (Phi) is 7.95. The summed E-state index contributed by atoms with van der Waals surface area (Å²) in [6, 6.07) is 7.65. The lowest BCUT2D eigenvalue weighted by atomic mass is 9.93. The number of halogens is 3. The Morgan fingerprint density at radius 3 is 2.15 bits per heavy atom. The zero-order valence-corrected chi connectivity index (χ0v) is 15.9. The zero-order valence-electron chi connectivity index (χ0n) is 15.9. The third-order valence-electron chi connectivity index (χ3n) is 3.64. The van der Waals surface area contributed by atoms with Gasteiger partial charge in [-0.05, 0) is 42.7 Å². The van der Waals surface area contributed by atoms with E-state index in [4.69, 9.17) is 4.74 Å². The highest BCUT2D eigenvalue weighted by Gasteiger charge is 2.31. The van der Waals surface area contributed by atoms with Gasteiger partial charge in [0.25, 0.3) is 0 Å². The fourth-order valence-electron chi connectivity index (χ4n) is 2.55. The second kappa shape index (κ2) is 9.70. The van der Waals surface area contributed by atoms with Gasteiger partial charge in [0.2, 0.25) is 0 Å². The van der Waals surface area contributed by atoms with Gasteiger partial charge in [-0.3, -0.25) is 0 Å². The molecule has 0 amide bonds. The predicted molar refractivity (Wildman–Crippen MR) is 104 cm³/mol. The summed E-state index contributed by atoms with van der Waals surface area (Å²) in [7, 11) is 0. The first-order valence-corrected chi connectivity index (χ1v) is 8.40. The van der Waals surface area contributed by atoms with E-state index in [1.807, 2.05) is 33.8 Å². The standard InChI is InChI=1S/C20H17F3O2.C2H6/c1-5-11-24-19-14(4)18(12-13(3)17(19)6-2)15-7-9-16(10-8-15)25-20(21,22)23;1-2/h6-12H,1-2H2,3-4H3;1-2H3. The minimum atomic E-state index is -4.71. The minimum Gasteiger partial charge on any atom is -0.456 e. The summed E-state index contributed by atoms with van der Waals surface area (Å²) >= 11 is 0. The van der Waals surface area contributed by atoms with Crippen LogP contribution in [0.4, 0.5) is 13.2 Å². The van der Waals surface area contributed by atoms with Crippen LogP contribution < -0.4 is 9.47 Å². The van der Waals surface area contributed by atoms with Gasteiger partial charge in [-0.15, -0.1) is 13.2 Å². The molecule has 2 nitrogen and oxygen atoms in total. The minimum absolute atomic E-state index is 0.264. The maximum Gasteiger partial charge on any atom is 0.573 e. The summed E-state index contributed by atoms with van der Waals surface area (Å²) in [5.41, 5.74) is 6.74. The molecule has 2 aromatic rings. The van der Waals surface area contributed by atoms with Crippen LogP contribution in [0.3, 0.4) is 0 Å². The van der Waals surface area contributed by atoms with E-state index in [-0.39, 0.29) is 5.75 Å². The molecule has 27 heavy (non-hydrogen) atoms. The molecule has 0 atom stereocenters. The number of hydrogen-bond donors (Lipinski definition) is 0. The lowest BCUT2D eigenvalue weighted by molar-refractivity contribution is -0.274. The van der Waals surface area contributed by atoms with Crippen molar-refractivity contribution in [2.75, 3.05) is 0 Å². The molecule has 0 aliphatic carbocycles. The van der Waals surface area contributed by atoms with Crippen LogP contribution in [0.1, 0.15) is 30.5 Å². The Morgan fingerprint density at radius 2 is 1.67 bits per heavy atom. The first-order chi connectivity index (χ1) is 12.8. The molecule has 0 bridgehead atoms. The van der Waals surface area contributed by atoms with Crippen molar-refractivity contribution in [1.29, 1.82) is 0 Å². The van der Waals surface area contributed by atoms with E-state index in [9.17, 15) is 13.2 Å². The van der Waals surface area contributed by atoms with Crippen LogP contribution in [-0.2, 0) is 0 Å². The lowest BCUT2D eigenvalue weighted by Crippen LogP contribution is -2.16. The van der Waals surface area contributed by atoms with Crippen LogP contribution in [-0.4, -0.2) is 6.36 Å². The Morgan fingerprint density at radius 1 is 1.07 bits per heavy atom. The molecule has 0 aliphatic rings. The third-order valence-corrected chi connectivity index (χ3v) is 3.64. The van der Waals surface area contributed by atoms with Crippen LogP contribution in [0.15, 0.2) is 55.5 Å². The first kappa shape index (κ1) is 22.1. The van der Waals surface area contributed by atoms with E-state index in [0.717, 1.165) is 27.8 Å². The van der Waals surface area contributed by atoms with Crippen LogP contribution >= 0.6 is 0 Å². The molecule has 2 rings (SSSR count). The van der Waals surface area contributed by atoms with E-state index in [1.54, 1.807) is 18.2 Å². The van der Waals surface area contributed by atoms with Crippen molar-refractivity contribution in [2.45, 2.75) is 34.1 Å². The van der Waals surface area contributed by atoms with Gasteiger partial charge in [-0.2, -0.15) is 0 Å². The molecular weight excluding hydrogens is 353 g/mol. The van der Waals surface area contributed by atoms with Gasteiger partial charge in [-0.1, -0.05) is 57.0 Å². The molecule has 0 radical (unpaired) electrons. The first-order valence-electron chi connectivity index (χ1n) is 8.40. The highest BCUT2D eigenvalue weighted by Crippen LogP contribution is 2.37. The molecule has 0 fully saturated rings. The summed E-state index contributed by atoms with van der Waals surface area (Å²) in [5.74, 6) is 0.344. The largest absolute Gasteiger partial charge is 0.573 e. The van der Waals surface area contributed by atoms with E-state index in [1.165, 1.54) is 18.4 Å². The van der Waals surface area contributed by atoms with Gasteiger partial charge >= 0.3 is 6.36 Å². The van der Waals surface area contributed by atoms with E-state index >= 15 is 0 Å². The topological polar surface area (TPSA) is 18.5 Å². The van der Waals surface area contributed by atoms with Gasteiger partial charge in [0, 0.05) is 11.1 Å². The van der Waals surface area contributed by atoms with E-state index in [0.29, 0.717) is 5.75 Å². The quantitative estimate of drug-likeness (QED) is 0.405. The van der Waals surface area contributed by atoms with Gasteiger partial charge in [0.15, 0.2) is 0 Å². The van der Waals surface area contributed by atoms with E-state index in [2.05, 4.69) is 23.6 Å². The zero-order chi connectivity index (χ0) is 20.6. The number of ether oxygens (including phenoxy) is 2. The van der Waals surface area contributed by atoms with Crippen molar-refractivity contribution in [3.05, 3.63) is 72.2 Å². The van der Waals surface area contributed by atoms with Crippen LogP contribution in [0.25, 0.3) is 17.2 Å². The molecule has 0 heterocycles. The Hall–Kier alpha value is -2.91. The summed E-state index contributed by atoms with van der Waals surface area (Å²) in [6.45, 7) is 15.0. The molecule has 0 saturated carbocycles. The average molecular weight is 376 g/mol. The monoisotopic (exact) mass is 376 g/mol. The number of rotatable bonds is 5. The fraction of sp³-hybridized carbons (Fsp3) is 0.227. The van der Waals surface area contributed by atoms with Crippen molar-refractivity contribution in [3.8, 4) is 22.6 Å². The number of benzene rings is 2. The average Bonchev–Trinajstić information content (AvgIpc) is 2.63. The second-order valence-electron chi connectivity index (χ2n) is 5.32. The molecule has 0 unspecified atom stereocenters. The van der Waals surface area contributed by atoms with Crippen molar-refractivity contribution in [3.63, 3.8) is 0 Å². The Labute approximate surface area is 158 Å². The summed E-state index contributed by atoms with van der Waals surface area (Å²) in [4.78, 5) is 0. The molecule has 5 heteroatoms. The smallest absolute Gasteiger partial charge is 0.456 e. The van der Waals surface area contributed by atoms with Gasteiger partial charge in [0.05, 0.1) is 0 Å². The number of hydrogen-bond acceptors (Lipinski definition) is 2. The SMILES string of the molecule is C=C=COc1c(C)c(-c2ccc(OC(F)(F)F)cc2)cc(C)c1C=C.CC. The van der Waals surface area contributed by atoms with Crippen LogP contribution in [0.2, 0.25) is 0 Å². The molecule has 144 valence electrons. The number of aryl methyl sites for hydroxylation is 1. The molecular formula is C22H23F3O2. The van der Waals surface area contributed by atoms with E-state index < -0.39 is 6.36 Å². The predicted octanol–water partition coefficient (Wildman–Crippen LogP) is 7.22. The molecule has 0 N–H and O–H groups in total. The molecule has 0 aliphatic heterocycles. The van der Waals surface area contributed by atoms with Crippen molar-refractivity contribution in [1.82, 2.24) is 0 Å². The highest BCUT2D eigenvalue weighted by molar-refractivity contribution is 5.76. The highest BCUT2D eigenvalue weighted by atomic mass is 19.4. The number of alkyl halides is 3. The normalized spacial score (nSPS) is 10.2. The molecule has 0 spiro atoms. The van der Waals surface area contributed by atoms with Crippen molar-refractivity contribution in [2.24, 2.45) is 0 Å². The summed E-state index contributed by atoms with van der Waals surface area (Å²) in [5, 5.41) is 0. The van der Waals surface area contributed by atoms with Crippen molar-refractivity contribution < 1.29 is 22.6 Å². The Balaban J connectivity index is 0.00000176. The lowest BCUT2D eigenvalue weighted by Gasteiger charge is -2.16. The maximum atomic E-state index is 12.3. The fourth-order valence-corrected chi connectivity index (χ4v) is 2.55. The van der Waals surface area contributed by atoms with Gasteiger partial charge < -0.3 is 9.47 Å². The molecule has 0 saturated heterocycles. The van der Waals surface area contributed by atoms with Crippen LogP contribution in [0, 0.1) is 13.8 Å². The van der Waals surface area contributed by atoms with Crippen molar-refractivity contribution >= 4 is 6.08 Å². The Bertz CT molecular complexity index is 828. The molecule has 0 aromatic heterocycles. The summed E-state index contributed by atoms with van der Waals surface area (Å²) < 4.78 is 46.3. The van der Waals surface area contributed by atoms with Gasteiger partial charge in [-0.25, -0.2) is 0 Å². The maximum absolute atomic E-state index is 12.3. The second-order valence-corrected chi connectivity index (χ2v) is 5.32. The van der Waals surface area contributed by atoms with Crippen LogP contribution in [0.5, 0.6) is 11.5 Å². The third kappa shape index (κ3) is 5.80. The van der Waals surface area contributed by atoms with Gasteiger partial charge in [0.1, 0.15) is 17.8 Å².